The van der Waals surface area contributed by atoms with Gasteiger partial charge >= 0.3 is 0 Å². The average molecular weight is 369 g/mol. The third kappa shape index (κ3) is 3.93. The van der Waals surface area contributed by atoms with Crippen molar-refractivity contribution in [3.63, 3.8) is 0 Å². The maximum absolute atomic E-state index is 13.5. The molecule has 0 spiro atoms. The largest absolute Gasteiger partial charge is 0.336 e. The molecular weight excluding hydrogens is 336 g/mol. The molecule has 2 aromatic rings. The maximum atomic E-state index is 13.5. The Morgan fingerprint density at radius 3 is 2.15 bits per heavy atom. The van der Waals surface area contributed by atoms with Gasteiger partial charge in [0.05, 0.1) is 22.6 Å². The summed E-state index contributed by atoms with van der Waals surface area (Å²) in [4.78, 5) is 17.9. The van der Waals surface area contributed by atoms with Gasteiger partial charge in [-0.1, -0.05) is 52.8 Å². The minimum Gasteiger partial charge on any atom is -0.336 e. The van der Waals surface area contributed by atoms with Crippen LogP contribution >= 0.6 is 0 Å². The number of carbonyl (C=O) groups excluding carboxylic acids is 1. The van der Waals surface area contributed by atoms with Crippen molar-refractivity contribution in [1.82, 2.24) is 19.6 Å². The molecule has 2 heterocycles. The van der Waals surface area contributed by atoms with Gasteiger partial charge in [-0.05, 0) is 30.5 Å². The van der Waals surface area contributed by atoms with E-state index in [2.05, 4.69) is 51.7 Å². The Morgan fingerprint density at radius 2 is 1.63 bits per heavy atom. The predicted molar refractivity (Wildman–Crippen MR) is 110 cm³/mol. The Morgan fingerprint density at radius 1 is 1.00 bits per heavy atom. The lowest BCUT2D eigenvalue weighted by Crippen LogP contribution is -2.48. The summed E-state index contributed by atoms with van der Waals surface area (Å²) in [7, 11) is 0. The van der Waals surface area contributed by atoms with Crippen LogP contribution in [0.4, 0.5) is 0 Å². The van der Waals surface area contributed by atoms with Crippen molar-refractivity contribution in [2.75, 3.05) is 32.7 Å². The van der Waals surface area contributed by atoms with Crippen molar-refractivity contribution in [2.45, 2.75) is 46.5 Å². The first-order chi connectivity index (χ1) is 12.9. The topological polar surface area (TPSA) is 41.4 Å². The molecule has 1 amide bonds. The second-order valence-corrected chi connectivity index (χ2v) is 7.93. The van der Waals surface area contributed by atoms with Gasteiger partial charge < -0.3 is 9.80 Å². The summed E-state index contributed by atoms with van der Waals surface area (Å²) in [5.41, 5.74) is 3.75. The zero-order valence-corrected chi connectivity index (χ0v) is 17.3. The highest BCUT2D eigenvalue weighted by molar-refractivity contribution is 5.97. The zero-order valence-electron chi connectivity index (χ0n) is 17.3. The molecule has 1 aliphatic heterocycles. The molecule has 1 aromatic heterocycles. The van der Waals surface area contributed by atoms with Gasteiger partial charge in [0.2, 0.25) is 0 Å². The molecule has 5 heteroatoms. The van der Waals surface area contributed by atoms with Crippen LogP contribution in [0.3, 0.4) is 0 Å². The van der Waals surface area contributed by atoms with Gasteiger partial charge in [0.15, 0.2) is 0 Å². The van der Waals surface area contributed by atoms with E-state index >= 15 is 0 Å². The Labute approximate surface area is 163 Å². The number of carbonyl (C=O) groups is 1. The quantitative estimate of drug-likeness (QED) is 0.804. The van der Waals surface area contributed by atoms with Crippen LogP contribution in [0, 0.1) is 0 Å². The van der Waals surface area contributed by atoms with E-state index in [0.29, 0.717) is 0 Å². The van der Waals surface area contributed by atoms with Crippen molar-refractivity contribution in [3.05, 3.63) is 47.3 Å². The Balaban J connectivity index is 2.05. The minimum absolute atomic E-state index is 0.139. The number of piperazine rings is 1. The Hall–Kier alpha value is -2.14. The van der Waals surface area contributed by atoms with Gasteiger partial charge in [0, 0.05) is 26.2 Å². The highest BCUT2D eigenvalue weighted by atomic mass is 16.2. The van der Waals surface area contributed by atoms with Crippen molar-refractivity contribution in [3.8, 4) is 5.69 Å². The molecule has 0 aliphatic carbocycles. The molecule has 0 unspecified atom stereocenters. The maximum Gasteiger partial charge on any atom is 0.257 e. The van der Waals surface area contributed by atoms with Crippen LogP contribution in [0.2, 0.25) is 0 Å². The molecule has 1 fully saturated rings. The molecule has 0 saturated carbocycles. The molecule has 3 rings (SSSR count). The fourth-order valence-corrected chi connectivity index (χ4v) is 3.80. The lowest BCUT2D eigenvalue weighted by atomic mass is 9.97. The lowest BCUT2D eigenvalue weighted by molar-refractivity contribution is 0.0640. The summed E-state index contributed by atoms with van der Waals surface area (Å²) in [6.07, 6.45) is 0. The van der Waals surface area contributed by atoms with Crippen LogP contribution in [0.5, 0.6) is 0 Å². The van der Waals surface area contributed by atoms with Gasteiger partial charge in [-0.3, -0.25) is 4.79 Å². The Bertz CT molecular complexity index is 771. The average Bonchev–Trinajstić information content (AvgIpc) is 3.09. The van der Waals surface area contributed by atoms with Crippen LogP contribution in [-0.2, 0) is 0 Å². The SMILES string of the molecule is CCN1CCN(C(=O)c2c(C(C)C)nn(-c3ccccc3)c2C(C)C)CC1. The summed E-state index contributed by atoms with van der Waals surface area (Å²) in [6.45, 7) is 15.2. The molecule has 1 saturated heterocycles. The number of likely N-dealkylation sites (N-methyl/N-ethyl adjacent to an activating group) is 1. The number of para-hydroxylation sites is 1. The second-order valence-electron chi connectivity index (χ2n) is 7.93. The summed E-state index contributed by atoms with van der Waals surface area (Å²) >= 11 is 0. The van der Waals surface area contributed by atoms with Crippen molar-refractivity contribution >= 4 is 5.91 Å². The highest BCUT2D eigenvalue weighted by Gasteiger charge is 2.31. The second kappa shape index (κ2) is 8.26. The molecule has 1 aromatic carbocycles. The van der Waals surface area contributed by atoms with E-state index in [0.717, 1.165) is 55.4 Å². The van der Waals surface area contributed by atoms with Gasteiger partial charge in [-0.2, -0.15) is 5.10 Å². The molecule has 0 bridgehead atoms. The summed E-state index contributed by atoms with van der Waals surface area (Å²) < 4.78 is 1.98. The molecule has 0 N–H and O–H groups in total. The summed E-state index contributed by atoms with van der Waals surface area (Å²) in [6, 6.07) is 10.1. The first kappa shape index (κ1) is 19.6. The van der Waals surface area contributed by atoms with Crippen LogP contribution in [0.1, 0.15) is 68.2 Å². The third-order valence-electron chi connectivity index (χ3n) is 5.36. The van der Waals surface area contributed by atoms with Crippen molar-refractivity contribution in [2.24, 2.45) is 0 Å². The van der Waals surface area contributed by atoms with Gasteiger partial charge in [0.25, 0.3) is 5.91 Å². The molecule has 5 nitrogen and oxygen atoms in total. The number of hydrogen-bond acceptors (Lipinski definition) is 3. The van der Waals surface area contributed by atoms with E-state index in [1.54, 1.807) is 0 Å². The van der Waals surface area contributed by atoms with E-state index in [1.807, 2.05) is 27.8 Å². The smallest absolute Gasteiger partial charge is 0.257 e. The van der Waals surface area contributed by atoms with Crippen molar-refractivity contribution in [1.29, 1.82) is 0 Å². The lowest BCUT2D eigenvalue weighted by Gasteiger charge is -2.34. The molecule has 27 heavy (non-hydrogen) atoms. The summed E-state index contributed by atoms with van der Waals surface area (Å²) in [5, 5.41) is 4.91. The first-order valence-electron chi connectivity index (χ1n) is 10.1. The molecular formula is C22H32N4O. The number of nitrogens with zero attached hydrogens (tertiary/aromatic N) is 4. The van der Waals surface area contributed by atoms with Gasteiger partial charge in [-0.25, -0.2) is 4.68 Å². The van der Waals surface area contributed by atoms with E-state index in [4.69, 9.17) is 5.10 Å². The zero-order chi connectivity index (χ0) is 19.6. The number of hydrogen-bond donors (Lipinski definition) is 0. The number of rotatable bonds is 5. The normalized spacial score (nSPS) is 15.7. The number of benzene rings is 1. The van der Waals surface area contributed by atoms with Gasteiger partial charge in [0.1, 0.15) is 0 Å². The number of amides is 1. The molecule has 0 atom stereocenters. The van der Waals surface area contributed by atoms with E-state index in [1.165, 1.54) is 0 Å². The van der Waals surface area contributed by atoms with Crippen molar-refractivity contribution < 1.29 is 4.79 Å². The monoisotopic (exact) mass is 368 g/mol. The number of aromatic nitrogens is 2. The van der Waals surface area contributed by atoms with Crippen LogP contribution < -0.4 is 0 Å². The fraction of sp³-hybridized carbons (Fsp3) is 0.545. The molecule has 1 aliphatic rings. The first-order valence-corrected chi connectivity index (χ1v) is 10.1. The minimum atomic E-state index is 0.139. The van der Waals surface area contributed by atoms with Gasteiger partial charge in [-0.15, -0.1) is 0 Å². The highest BCUT2D eigenvalue weighted by Crippen LogP contribution is 2.31. The fourth-order valence-electron chi connectivity index (χ4n) is 3.80. The van der Waals surface area contributed by atoms with Crippen LogP contribution in [-0.4, -0.2) is 58.2 Å². The van der Waals surface area contributed by atoms with E-state index in [9.17, 15) is 4.79 Å². The van der Waals surface area contributed by atoms with Crippen LogP contribution in [0.25, 0.3) is 5.69 Å². The molecule has 0 radical (unpaired) electrons. The third-order valence-corrected chi connectivity index (χ3v) is 5.36. The molecule has 146 valence electrons. The summed E-state index contributed by atoms with van der Waals surface area (Å²) in [5.74, 6) is 0.546. The van der Waals surface area contributed by atoms with E-state index < -0.39 is 0 Å². The standard InChI is InChI=1S/C22H32N4O/c1-6-24-12-14-25(15-13-24)22(27)19-20(16(2)3)23-26(21(19)17(4)5)18-10-8-7-9-11-18/h7-11,16-17H,6,12-15H2,1-5H3. The predicted octanol–water partition coefficient (Wildman–Crippen LogP) is 3.90. The van der Waals surface area contributed by atoms with E-state index in [-0.39, 0.29) is 17.7 Å². The van der Waals surface area contributed by atoms with Crippen LogP contribution in [0.15, 0.2) is 30.3 Å². The Kier molecular flexibility index (Phi) is 6.00.